The van der Waals surface area contributed by atoms with Gasteiger partial charge >= 0.3 is 5.97 Å². The molecule has 0 aromatic heterocycles. The zero-order chi connectivity index (χ0) is 46.7. The molecule has 6 nitrogen and oxygen atoms in total. The normalized spacial score (nSPS) is 13.3. The number of unbranched alkanes of at least 4 members (excludes halogenated alkanes) is 37. The third-order valence-electron chi connectivity index (χ3n) is 13.3. The van der Waals surface area contributed by atoms with Crippen LogP contribution in [0, 0.1) is 0 Å². The standard InChI is InChI=1S/C58H111NO5/c1-4-7-10-13-16-19-22-25-27-29-31-33-35-38-41-44-47-50-56(61)55(53-60)59-57(62)52-54(64-58(63)51-48-45-42-39-36-24-21-18-15-12-9-6-3)49-46-43-40-37-34-32-30-28-26-23-20-17-14-11-8-5-2/h28,30,32,34,54-56,60-61H,4-27,29,31,33,35-53H2,1-3H3,(H,59,62)/b30-28+,34-32+. The Bertz CT molecular complexity index is 1010. The van der Waals surface area contributed by atoms with Crippen molar-refractivity contribution in [2.75, 3.05) is 6.61 Å². The van der Waals surface area contributed by atoms with Crippen LogP contribution < -0.4 is 5.32 Å². The van der Waals surface area contributed by atoms with Crippen molar-refractivity contribution in [2.24, 2.45) is 0 Å². The molecule has 0 fully saturated rings. The Balaban J connectivity index is 4.53. The zero-order valence-corrected chi connectivity index (χ0v) is 43.2. The lowest BCUT2D eigenvalue weighted by Gasteiger charge is -2.24. The molecule has 3 unspecified atom stereocenters. The fraction of sp³-hybridized carbons (Fsp3) is 0.897. The van der Waals surface area contributed by atoms with E-state index in [1.165, 1.54) is 199 Å². The van der Waals surface area contributed by atoms with Gasteiger partial charge in [-0.3, -0.25) is 9.59 Å². The lowest BCUT2D eigenvalue weighted by molar-refractivity contribution is -0.151. The maximum atomic E-state index is 13.2. The fourth-order valence-corrected chi connectivity index (χ4v) is 8.95. The van der Waals surface area contributed by atoms with E-state index in [1.807, 2.05) is 0 Å². The van der Waals surface area contributed by atoms with Gasteiger partial charge in [-0.2, -0.15) is 0 Å². The molecule has 0 spiro atoms. The number of ether oxygens (including phenoxy) is 1. The summed E-state index contributed by atoms with van der Waals surface area (Å²) < 4.78 is 5.94. The van der Waals surface area contributed by atoms with E-state index in [4.69, 9.17) is 4.74 Å². The highest BCUT2D eigenvalue weighted by Crippen LogP contribution is 2.18. The Hall–Kier alpha value is -1.66. The number of aliphatic hydroxyl groups excluding tert-OH is 2. The van der Waals surface area contributed by atoms with E-state index in [0.29, 0.717) is 19.3 Å². The molecule has 378 valence electrons. The molecule has 3 atom stereocenters. The number of carbonyl (C=O) groups excluding carboxylic acids is 2. The smallest absolute Gasteiger partial charge is 0.306 e. The topological polar surface area (TPSA) is 95.9 Å². The van der Waals surface area contributed by atoms with Crippen LogP contribution in [-0.4, -0.2) is 46.9 Å². The van der Waals surface area contributed by atoms with Gasteiger partial charge in [0.05, 0.1) is 25.2 Å². The van der Waals surface area contributed by atoms with Crippen LogP contribution in [0.1, 0.15) is 310 Å². The SMILES string of the molecule is CCCCCCCCC/C=C/C=C/CCCCCC(CC(=O)NC(CO)C(O)CCCCCCCCCCCCCCCCCCC)OC(=O)CCCCCCCCCCCCCC. The number of hydrogen-bond acceptors (Lipinski definition) is 5. The van der Waals surface area contributed by atoms with Gasteiger partial charge in [0.15, 0.2) is 0 Å². The third kappa shape index (κ3) is 46.9. The van der Waals surface area contributed by atoms with Crippen LogP contribution in [0.15, 0.2) is 24.3 Å². The molecule has 0 rings (SSSR count). The van der Waals surface area contributed by atoms with E-state index in [2.05, 4.69) is 50.4 Å². The highest BCUT2D eigenvalue weighted by atomic mass is 16.5. The number of esters is 1. The van der Waals surface area contributed by atoms with E-state index in [9.17, 15) is 19.8 Å². The minimum absolute atomic E-state index is 0.0654. The van der Waals surface area contributed by atoms with Gasteiger partial charge in [-0.05, 0) is 51.4 Å². The second kappa shape index (κ2) is 52.3. The first kappa shape index (κ1) is 62.3. The summed E-state index contributed by atoms with van der Waals surface area (Å²) in [7, 11) is 0. The van der Waals surface area contributed by atoms with Gasteiger partial charge in [-0.15, -0.1) is 0 Å². The summed E-state index contributed by atoms with van der Waals surface area (Å²) >= 11 is 0. The first-order valence-electron chi connectivity index (χ1n) is 28.6. The highest BCUT2D eigenvalue weighted by molar-refractivity contribution is 5.77. The predicted molar refractivity (Wildman–Crippen MR) is 278 cm³/mol. The first-order chi connectivity index (χ1) is 31.5. The number of amides is 1. The van der Waals surface area contributed by atoms with Gasteiger partial charge < -0.3 is 20.3 Å². The molecule has 1 amide bonds. The van der Waals surface area contributed by atoms with Gasteiger partial charge in [-0.1, -0.05) is 270 Å². The Morgan fingerprint density at radius 3 is 1.17 bits per heavy atom. The molecule has 0 aromatic rings. The van der Waals surface area contributed by atoms with E-state index in [1.54, 1.807) is 0 Å². The van der Waals surface area contributed by atoms with Crippen LogP contribution in [0.3, 0.4) is 0 Å². The Kier molecular flexibility index (Phi) is 51.0. The van der Waals surface area contributed by atoms with Crippen molar-refractivity contribution < 1.29 is 24.5 Å². The van der Waals surface area contributed by atoms with Crippen molar-refractivity contribution in [3.05, 3.63) is 24.3 Å². The summed E-state index contributed by atoms with van der Waals surface area (Å²) in [6, 6.07) is -0.706. The van der Waals surface area contributed by atoms with Crippen molar-refractivity contribution in [2.45, 2.75) is 328 Å². The Labute approximate surface area is 399 Å². The quantitative estimate of drug-likeness (QED) is 0.0321. The number of nitrogens with one attached hydrogen (secondary N) is 1. The Morgan fingerprint density at radius 2 is 0.781 bits per heavy atom. The van der Waals surface area contributed by atoms with Crippen molar-refractivity contribution in [3.8, 4) is 0 Å². The van der Waals surface area contributed by atoms with Crippen molar-refractivity contribution in [3.63, 3.8) is 0 Å². The Morgan fingerprint density at radius 1 is 0.453 bits per heavy atom. The van der Waals surface area contributed by atoms with E-state index >= 15 is 0 Å². The molecule has 0 aliphatic carbocycles. The van der Waals surface area contributed by atoms with Crippen LogP contribution in [0.2, 0.25) is 0 Å². The average molecular weight is 903 g/mol. The fourth-order valence-electron chi connectivity index (χ4n) is 8.95. The maximum absolute atomic E-state index is 13.2. The van der Waals surface area contributed by atoms with Gasteiger partial charge in [0, 0.05) is 6.42 Å². The molecule has 0 radical (unpaired) electrons. The van der Waals surface area contributed by atoms with E-state index < -0.39 is 18.2 Å². The van der Waals surface area contributed by atoms with Crippen LogP contribution in [-0.2, 0) is 14.3 Å². The number of aliphatic hydroxyl groups is 2. The third-order valence-corrected chi connectivity index (χ3v) is 13.3. The molecule has 0 bridgehead atoms. The lowest BCUT2D eigenvalue weighted by Crippen LogP contribution is -2.46. The van der Waals surface area contributed by atoms with Gasteiger partial charge in [-0.25, -0.2) is 0 Å². The molecule has 64 heavy (non-hydrogen) atoms. The molecular weight excluding hydrogens is 791 g/mol. The van der Waals surface area contributed by atoms with Crippen molar-refractivity contribution in [1.29, 1.82) is 0 Å². The molecule has 3 N–H and O–H groups in total. The molecule has 0 aromatic carbocycles. The van der Waals surface area contributed by atoms with Crippen LogP contribution in [0.4, 0.5) is 0 Å². The molecule has 0 heterocycles. The van der Waals surface area contributed by atoms with Gasteiger partial charge in [0.25, 0.3) is 0 Å². The molecule has 0 saturated heterocycles. The van der Waals surface area contributed by atoms with Crippen LogP contribution >= 0.6 is 0 Å². The zero-order valence-electron chi connectivity index (χ0n) is 43.2. The molecule has 0 aliphatic rings. The van der Waals surface area contributed by atoms with E-state index in [0.717, 1.165) is 64.2 Å². The molecule has 0 aliphatic heterocycles. The number of carbonyl (C=O) groups is 2. The summed E-state index contributed by atoms with van der Waals surface area (Å²) in [6.45, 7) is 6.50. The van der Waals surface area contributed by atoms with Crippen LogP contribution in [0.25, 0.3) is 0 Å². The maximum Gasteiger partial charge on any atom is 0.306 e. The first-order valence-corrected chi connectivity index (χ1v) is 28.6. The number of rotatable bonds is 52. The predicted octanol–water partition coefficient (Wildman–Crippen LogP) is 17.5. The summed E-state index contributed by atoms with van der Waals surface area (Å²) in [6.07, 6.45) is 61.0. The second-order valence-corrected chi connectivity index (χ2v) is 19.7. The average Bonchev–Trinajstić information content (AvgIpc) is 3.29. The number of hydrogen-bond donors (Lipinski definition) is 3. The van der Waals surface area contributed by atoms with Gasteiger partial charge in [0.2, 0.25) is 5.91 Å². The van der Waals surface area contributed by atoms with Crippen molar-refractivity contribution >= 4 is 11.9 Å². The van der Waals surface area contributed by atoms with Gasteiger partial charge in [0.1, 0.15) is 6.10 Å². The largest absolute Gasteiger partial charge is 0.462 e. The molecular formula is C58H111NO5. The number of allylic oxidation sites excluding steroid dienone is 4. The highest BCUT2D eigenvalue weighted by Gasteiger charge is 2.24. The summed E-state index contributed by atoms with van der Waals surface area (Å²) in [5, 5.41) is 23.9. The lowest BCUT2D eigenvalue weighted by atomic mass is 10.0. The van der Waals surface area contributed by atoms with Crippen LogP contribution in [0.5, 0.6) is 0 Å². The summed E-state index contributed by atoms with van der Waals surface area (Å²) in [5.41, 5.74) is 0. The minimum atomic E-state index is -0.791. The summed E-state index contributed by atoms with van der Waals surface area (Å²) in [5.74, 6) is -0.483. The second-order valence-electron chi connectivity index (χ2n) is 19.7. The molecule has 6 heteroatoms. The van der Waals surface area contributed by atoms with Crippen molar-refractivity contribution in [1.82, 2.24) is 5.32 Å². The monoisotopic (exact) mass is 902 g/mol. The van der Waals surface area contributed by atoms with E-state index in [-0.39, 0.29) is 24.9 Å². The molecule has 0 saturated carbocycles. The summed E-state index contributed by atoms with van der Waals surface area (Å²) in [4.78, 5) is 26.2. The minimum Gasteiger partial charge on any atom is -0.462 e.